The number of likely N-dealkylation sites (tertiary alicyclic amines) is 1. The Balaban J connectivity index is 1.44. The monoisotopic (exact) mass is 334 g/mol. The normalized spacial score (nSPS) is 18.0. The first-order valence-corrected chi connectivity index (χ1v) is 9.47. The van der Waals surface area contributed by atoms with Gasteiger partial charge in [0.2, 0.25) is 0 Å². The second-order valence-corrected chi connectivity index (χ2v) is 7.28. The molecule has 0 atom stereocenters. The standard InChI is InChI=1S/C22H26N2O/c25-22(24-12-5-2-6-13-24)20-9-10-21-17-23(14-11-19(21)15-20)16-18-7-3-1-4-8-18/h1,3-4,7-10,15H,2,5-6,11-14,16-17H2. The van der Waals surface area contributed by atoms with Gasteiger partial charge in [0.1, 0.15) is 0 Å². The quantitative estimate of drug-likeness (QED) is 0.851. The van der Waals surface area contributed by atoms with Crippen LogP contribution in [0.4, 0.5) is 0 Å². The highest BCUT2D eigenvalue weighted by Crippen LogP contribution is 2.23. The van der Waals surface area contributed by atoms with Gasteiger partial charge < -0.3 is 4.90 Å². The van der Waals surface area contributed by atoms with Gasteiger partial charge in [0, 0.05) is 38.3 Å². The molecule has 2 aromatic rings. The summed E-state index contributed by atoms with van der Waals surface area (Å²) < 4.78 is 0. The minimum absolute atomic E-state index is 0.217. The van der Waals surface area contributed by atoms with Crippen molar-refractivity contribution in [3.05, 3.63) is 70.8 Å². The molecule has 0 spiro atoms. The van der Waals surface area contributed by atoms with Crippen LogP contribution in [-0.2, 0) is 19.5 Å². The van der Waals surface area contributed by atoms with Gasteiger partial charge in [0.05, 0.1) is 0 Å². The molecule has 2 aliphatic rings. The Bertz CT molecular complexity index is 735. The molecule has 1 amide bonds. The first kappa shape index (κ1) is 16.3. The van der Waals surface area contributed by atoms with Crippen LogP contribution < -0.4 is 0 Å². The van der Waals surface area contributed by atoms with Crippen molar-refractivity contribution in [2.24, 2.45) is 0 Å². The van der Waals surface area contributed by atoms with Crippen molar-refractivity contribution in [1.82, 2.24) is 9.80 Å². The molecule has 0 bridgehead atoms. The molecule has 0 aliphatic carbocycles. The Morgan fingerprint density at radius 3 is 2.48 bits per heavy atom. The molecule has 130 valence electrons. The molecule has 2 aliphatic heterocycles. The zero-order valence-corrected chi connectivity index (χ0v) is 14.8. The van der Waals surface area contributed by atoms with Crippen molar-refractivity contribution in [2.45, 2.75) is 38.8 Å². The molecule has 1 fully saturated rings. The van der Waals surface area contributed by atoms with E-state index < -0.39 is 0 Å². The van der Waals surface area contributed by atoms with Gasteiger partial charge in [-0.15, -0.1) is 0 Å². The summed E-state index contributed by atoms with van der Waals surface area (Å²) in [4.78, 5) is 17.2. The van der Waals surface area contributed by atoms with Gasteiger partial charge in [-0.25, -0.2) is 0 Å². The third kappa shape index (κ3) is 3.77. The number of rotatable bonds is 3. The van der Waals surface area contributed by atoms with Crippen LogP contribution in [-0.4, -0.2) is 35.3 Å². The van der Waals surface area contributed by atoms with Crippen LogP contribution in [0, 0.1) is 0 Å². The van der Waals surface area contributed by atoms with Gasteiger partial charge >= 0.3 is 0 Å². The SMILES string of the molecule is O=C(c1ccc2c(c1)CCN(Cc1ccccc1)C2)N1CCCCC1. The van der Waals surface area contributed by atoms with Gasteiger partial charge in [0.25, 0.3) is 5.91 Å². The smallest absolute Gasteiger partial charge is 0.253 e. The number of carbonyl (C=O) groups excluding carboxylic acids is 1. The predicted octanol–water partition coefficient (Wildman–Crippen LogP) is 3.87. The zero-order chi connectivity index (χ0) is 17.1. The number of nitrogens with zero attached hydrogens (tertiary/aromatic N) is 2. The molecule has 25 heavy (non-hydrogen) atoms. The average Bonchev–Trinajstić information content (AvgIpc) is 2.68. The summed E-state index contributed by atoms with van der Waals surface area (Å²) in [5.41, 5.74) is 4.96. The zero-order valence-electron chi connectivity index (χ0n) is 14.8. The summed E-state index contributed by atoms with van der Waals surface area (Å²) >= 11 is 0. The minimum Gasteiger partial charge on any atom is -0.339 e. The molecule has 0 saturated carbocycles. The van der Waals surface area contributed by atoms with Crippen LogP contribution in [0.15, 0.2) is 48.5 Å². The summed E-state index contributed by atoms with van der Waals surface area (Å²) in [5.74, 6) is 0.217. The van der Waals surface area contributed by atoms with E-state index in [-0.39, 0.29) is 5.91 Å². The molecule has 2 heterocycles. The largest absolute Gasteiger partial charge is 0.339 e. The molecule has 0 unspecified atom stereocenters. The van der Waals surface area contributed by atoms with E-state index in [0.29, 0.717) is 0 Å². The summed E-state index contributed by atoms with van der Waals surface area (Å²) in [7, 11) is 0. The number of amides is 1. The van der Waals surface area contributed by atoms with Crippen molar-refractivity contribution in [1.29, 1.82) is 0 Å². The van der Waals surface area contributed by atoms with E-state index in [1.807, 2.05) is 11.0 Å². The molecular weight excluding hydrogens is 308 g/mol. The first-order valence-electron chi connectivity index (χ1n) is 9.47. The van der Waals surface area contributed by atoms with Crippen LogP contribution in [0.2, 0.25) is 0 Å². The average molecular weight is 334 g/mol. The molecule has 0 aromatic heterocycles. The molecule has 3 nitrogen and oxygen atoms in total. The Labute approximate surface area is 150 Å². The Morgan fingerprint density at radius 2 is 1.68 bits per heavy atom. The van der Waals surface area contributed by atoms with Crippen LogP contribution in [0.1, 0.15) is 46.3 Å². The lowest BCUT2D eigenvalue weighted by atomic mass is 9.96. The number of piperidine rings is 1. The Hall–Kier alpha value is -2.13. The van der Waals surface area contributed by atoms with E-state index in [2.05, 4.69) is 47.4 Å². The maximum Gasteiger partial charge on any atom is 0.253 e. The fourth-order valence-electron chi connectivity index (χ4n) is 4.00. The lowest BCUT2D eigenvalue weighted by Gasteiger charge is -2.30. The van der Waals surface area contributed by atoms with E-state index in [4.69, 9.17) is 0 Å². The number of carbonyl (C=O) groups is 1. The summed E-state index contributed by atoms with van der Waals surface area (Å²) in [6.07, 6.45) is 4.57. The lowest BCUT2D eigenvalue weighted by Crippen LogP contribution is -2.36. The van der Waals surface area contributed by atoms with Crippen molar-refractivity contribution < 1.29 is 4.79 Å². The molecule has 1 saturated heterocycles. The third-order valence-electron chi connectivity index (χ3n) is 5.44. The summed E-state index contributed by atoms with van der Waals surface area (Å²) in [6, 6.07) is 17.0. The van der Waals surface area contributed by atoms with Gasteiger partial charge in [-0.1, -0.05) is 36.4 Å². The van der Waals surface area contributed by atoms with Crippen LogP contribution in [0.3, 0.4) is 0 Å². The maximum atomic E-state index is 12.7. The maximum absolute atomic E-state index is 12.7. The van der Waals surface area contributed by atoms with Crippen molar-refractivity contribution in [3.8, 4) is 0 Å². The molecule has 4 rings (SSSR count). The number of benzene rings is 2. The van der Waals surface area contributed by atoms with Crippen LogP contribution in [0.5, 0.6) is 0 Å². The lowest BCUT2D eigenvalue weighted by molar-refractivity contribution is 0.0724. The second kappa shape index (κ2) is 7.40. The van der Waals surface area contributed by atoms with E-state index >= 15 is 0 Å². The van der Waals surface area contributed by atoms with Gasteiger partial charge in [-0.2, -0.15) is 0 Å². The van der Waals surface area contributed by atoms with E-state index in [0.717, 1.165) is 57.5 Å². The number of hydrogen-bond acceptors (Lipinski definition) is 2. The molecule has 0 radical (unpaired) electrons. The summed E-state index contributed by atoms with van der Waals surface area (Å²) in [6.45, 7) is 4.86. The molecular formula is C22H26N2O. The van der Waals surface area contributed by atoms with Gasteiger partial charge in [-0.3, -0.25) is 9.69 Å². The van der Waals surface area contributed by atoms with Crippen LogP contribution >= 0.6 is 0 Å². The summed E-state index contributed by atoms with van der Waals surface area (Å²) in [5, 5.41) is 0. The van der Waals surface area contributed by atoms with E-state index in [9.17, 15) is 4.79 Å². The fourth-order valence-corrected chi connectivity index (χ4v) is 4.00. The van der Waals surface area contributed by atoms with E-state index in [1.165, 1.54) is 23.1 Å². The van der Waals surface area contributed by atoms with Crippen molar-refractivity contribution in [3.63, 3.8) is 0 Å². The number of fused-ring (bicyclic) bond motifs is 1. The number of hydrogen-bond donors (Lipinski definition) is 0. The topological polar surface area (TPSA) is 23.6 Å². The Kier molecular flexibility index (Phi) is 4.84. The van der Waals surface area contributed by atoms with E-state index in [1.54, 1.807) is 0 Å². The predicted molar refractivity (Wildman–Crippen MR) is 100 cm³/mol. The molecule has 0 N–H and O–H groups in total. The van der Waals surface area contributed by atoms with Gasteiger partial charge in [-0.05, 0) is 54.5 Å². The molecule has 2 aromatic carbocycles. The third-order valence-corrected chi connectivity index (χ3v) is 5.44. The second-order valence-electron chi connectivity index (χ2n) is 7.28. The molecule has 3 heteroatoms. The van der Waals surface area contributed by atoms with Crippen molar-refractivity contribution >= 4 is 5.91 Å². The van der Waals surface area contributed by atoms with Gasteiger partial charge in [0.15, 0.2) is 0 Å². The fraction of sp³-hybridized carbons (Fsp3) is 0.409. The van der Waals surface area contributed by atoms with Crippen molar-refractivity contribution in [2.75, 3.05) is 19.6 Å². The highest BCUT2D eigenvalue weighted by Gasteiger charge is 2.21. The van der Waals surface area contributed by atoms with Crippen LogP contribution in [0.25, 0.3) is 0 Å². The Morgan fingerprint density at radius 1 is 0.880 bits per heavy atom. The minimum atomic E-state index is 0.217. The first-order chi connectivity index (χ1) is 12.3. The highest BCUT2D eigenvalue weighted by atomic mass is 16.2. The highest BCUT2D eigenvalue weighted by molar-refractivity contribution is 5.94.